The number of rotatable bonds is 6. The molecule has 2 aromatic carbocycles. The molecule has 1 N–H and O–H groups in total. The van der Waals surface area contributed by atoms with Gasteiger partial charge in [-0.2, -0.15) is 4.98 Å². The number of ether oxygens (including phenoxy) is 1. The van der Waals surface area contributed by atoms with E-state index in [9.17, 15) is 10.1 Å². The van der Waals surface area contributed by atoms with Crippen LogP contribution in [0, 0.1) is 30.9 Å². The first-order valence-corrected chi connectivity index (χ1v) is 8.47. The zero-order valence-corrected chi connectivity index (χ0v) is 15.4. The minimum absolute atomic E-state index is 0.0913. The summed E-state index contributed by atoms with van der Waals surface area (Å²) in [6.45, 7) is 6.27. The molecule has 3 rings (SSSR count). The van der Waals surface area contributed by atoms with Crippen LogP contribution in [0.2, 0.25) is 0 Å². The highest BCUT2D eigenvalue weighted by Crippen LogP contribution is 2.34. The van der Waals surface area contributed by atoms with Crippen molar-refractivity contribution in [1.82, 2.24) is 9.97 Å². The number of anilines is 1. The lowest BCUT2D eigenvalue weighted by Crippen LogP contribution is -2.07. The van der Waals surface area contributed by atoms with Gasteiger partial charge in [-0.25, -0.2) is 4.98 Å². The quantitative estimate of drug-likeness (QED) is 0.503. The number of nitrogens with zero attached hydrogens (tertiary/aromatic N) is 3. The van der Waals surface area contributed by atoms with Gasteiger partial charge in [0.2, 0.25) is 5.82 Å². The van der Waals surface area contributed by atoms with Gasteiger partial charge in [0.1, 0.15) is 12.1 Å². The predicted molar refractivity (Wildman–Crippen MR) is 103 cm³/mol. The van der Waals surface area contributed by atoms with E-state index >= 15 is 0 Å². The second kappa shape index (κ2) is 7.82. The van der Waals surface area contributed by atoms with Gasteiger partial charge in [-0.1, -0.05) is 35.9 Å². The predicted octanol–water partition coefficient (Wildman–Crippen LogP) is 4.71. The molecule has 0 radical (unpaired) electrons. The number of hydrogen-bond acceptors (Lipinski definition) is 6. The van der Waals surface area contributed by atoms with Crippen molar-refractivity contribution in [3.05, 3.63) is 81.2 Å². The maximum absolute atomic E-state index is 11.6. The average molecular weight is 364 g/mol. The third-order valence-corrected chi connectivity index (χ3v) is 3.96. The molecule has 0 amide bonds. The van der Waals surface area contributed by atoms with E-state index in [0.717, 1.165) is 22.3 Å². The lowest BCUT2D eigenvalue weighted by atomic mass is 10.1. The Balaban J connectivity index is 1.87. The van der Waals surface area contributed by atoms with E-state index in [1.807, 2.05) is 51.1 Å². The molecule has 0 unspecified atom stereocenters. The molecule has 1 heterocycles. The Kier molecular flexibility index (Phi) is 5.30. The molecule has 0 aliphatic carbocycles. The van der Waals surface area contributed by atoms with Gasteiger partial charge in [0.05, 0.1) is 4.92 Å². The van der Waals surface area contributed by atoms with Gasteiger partial charge in [0, 0.05) is 6.54 Å². The third kappa shape index (κ3) is 4.58. The van der Waals surface area contributed by atoms with Gasteiger partial charge in [-0.3, -0.25) is 10.1 Å². The van der Waals surface area contributed by atoms with Gasteiger partial charge >= 0.3 is 11.6 Å². The Hall–Kier alpha value is -3.48. The number of nitro groups is 1. The Morgan fingerprint density at radius 2 is 1.67 bits per heavy atom. The van der Waals surface area contributed by atoms with E-state index < -0.39 is 4.92 Å². The number of aromatic nitrogens is 2. The van der Waals surface area contributed by atoms with Crippen LogP contribution in [0.5, 0.6) is 11.6 Å². The van der Waals surface area contributed by atoms with Crippen LogP contribution in [0.1, 0.15) is 22.3 Å². The minimum Gasteiger partial charge on any atom is -0.434 e. The Labute approximate surface area is 157 Å². The Morgan fingerprint density at radius 3 is 2.30 bits per heavy atom. The fourth-order valence-electron chi connectivity index (χ4n) is 2.73. The first-order chi connectivity index (χ1) is 12.9. The van der Waals surface area contributed by atoms with Crippen LogP contribution >= 0.6 is 0 Å². The molecular weight excluding hydrogens is 344 g/mol. The lowest BCUT2D eigenvalue weighted by molar-refractivity contribution is -0.385. The average Bonchev–Trinajstić information content (AvgIpc) is 2.60. The molecule has 7 nitrogen and oxygen atoms in total. The van der Waals surface area contributed by atoms with Crippen LogP contribution in [-0.2, 0) is 6.54 Å². The van der Waals surface area contributed by atoms with Gasteiger partial charge in [-0.15, -0.1) is 0 Å². The van der Waals surface area contributed by atoms with Crippen molar-refractivity contribution in [1.29, 1.82) is 0 Å². The van der Waals surface area contributed by atoms with E-state index in [-0.39, 0.29) is 17.4 Å². The summed E-state index contributed by atoms with van der Waals surface area (Å²) in [4.78, 5) is 19.1. The molecule has 0 spiro atoms. The van der Waals surface area contributed by atoms with Crippen molar-refractivity contribution >= 4 is 11.5 Å². The Morgan fingerprint density at radius 1 is 1.00 bits per heavy atom. The number of nitrogens with one attached hydrogen (secondary N) is 1. The summed E-state index contributed by atoms with van der Waals surface area (Å²) in [7, 11) is 0. The van der Waals surface area contributed by atoms with Crippen molar-refractivity contribution < 1.29 is 9.66 Å². The van der Waals surface area contributed by atoms with E-state index in [0.29, 0.717) is 12.3 Å². The molecule has 0 aliphatic rings. The van der Waals surface area contributed by atoms with Gasteiger partial charge in [0.25, 0.3) is 0 Å². The third-order valence-electron chi connectivity index (χ3n) is 3.96. The van der Waals surface area contributed by atoms with E-state index in [2.05, 4.69) is 15.3 Å². The number of hydrogen-bond donors (Lipinski definition) is 1. The molecule has 27 heavy (non-hydrogen) atoms. The summed E-state index contributed by atoms with van der Waals surface area (Å²) < 4.78 is 5.71. The Bertz CT molecular complexity index is 951. The molecule has 7 heteroatoms. The van der Waals surface area contributed by atoms with E-state index in [1.54, 1.807) is 12.1 Å². The second-order valence-corrected chi connectivity index (χ2v) is 6.40. The van der Waals surface area contributed by atoms with Gasteiger partial charge in [0.15, 0.2) is 0 Å². The summed E-state index contributed by atoms with van der Waals surface area (Å²) >= 11 is 0. The molecule has 0 fully saturated rings. The molecule has 1 aromatic heterocycles. The summed E-state index contributed by atoms with van der Waals surface area (Å²) in [6, 6.07) is 13.5. The zero-order valence-electron chi connectivity index (χ0n) is 15.4. The van der Waals surface area contributed by atoms with Crippen molar-refractivity contribution in [2.45, 2.75) is 27.3 Å². The molecule has 0 saturated carbocycles. The van der Waals surface area contributed by atoms with E-state index in [1.165, 1.54) is 6.33 Å². The van der Waals surface area contributed by atoms with Crippen LogP contribution in [-0.4, -0.2) is 14.9 Å². The minimum atomic E-state index is -0.532. The second-order valence-electron chi connectivity index (χ2n) is 6.40. The topological polar surface area (TPSA) is 90.2 Å². The van der Waals surface area contributed by atoms with Crippen LogP contribution in [0.3, 0.4) is 0 Å². The van der Waals surface area contributed by atoms with Gasteiger partial charge in [-0.05, 0) is 49.6 Å². The molecule has 0 atom stereocenters. The maximum Gasteiger partial charge on any atom is 0.373 e. The highest BCUT2D eigenvalue weighted by molar-refractivity contribution is 5.62. The van der Waals surface area contributed by atoms with Crippen LogP contribution < -0.4 is 10.1 Å². The lowest BCUT2D eigenvalue weighted by Gasteiger charge is -2.10. The van der Waals surface area contributed by atoms with Crippen LogP contribution in [0.15, 0.2) is 48.8 Å². The maximum atomic E-state index is 11.6. The zero-order chi connectivity index (χ0) is 19.4. The van der Waals surface area contributed by atoms with Crippen molar-refractivity contribution in [2.24, 2.45) is 0 Å². The largest absolute Gasteiger partial charge is 0.434 e. The molecule has 138 valence electrons. The van der Waals surface area contributed by atoms with Crippen molar-refractivity contribution in [3.63, 3.8) is 0 Å². The summed E-state index contributed by atoms with van der Waals surface area (Å²) in [5.74, 6) is 0.528. The highest BCUT2D eigenvalue weighted by Gasteiger charge is 2.25. The summed E-state index contributed by atoms with van der Waals surface area (Å²) in [5, 5.41) is 14.6. The molecular formula is C20H20N4O3. The first kappa shape index (κ1) is 18.3. The molecule has 0 bridgehead atoms. The first-order valence-electron chi connectivity index (χ1n) is 8.47. The van der Waals surface area contributed by atoms with Crippen molar-refractivity contribution in [3.8, 4) is 11.6 Å². The number of benzene rings is 2. The van der Waals surface area contributed by atoms with E-state index in [4.69, 9.17) is 4.74 Å². The smallest absolute Gasteiger partial charge is 0.373 e. The van der Waals surface area contributed by atoms with Crippen LogP contribution in [0.4, 0.5) is 11.5 Å². The standard InChI is InChI=1S/C20H20N4O3/c1-13-4-6-16(7-5-13)11-21-19-18(24(25)26)20(23-12-22-19)27-17-9-14(2)8-15(3)10-17/h4-10,12H,11H2,1-3H3,(H,21,22,23). The van der Waals surface area contributed by atoms with Crippen LogP contribution in [0.25, 0.3) is 0 Å². The normalized spacial score (nSPS) is 10.5. The fraction of sp³-hybridized carbons (Fsp3) is 0.200. The number of aryl methyl sites for hydroxylation is 3. The molecule has 0 saturated heterocycles. The summed E-state index contributed by atoms with van der Waals surface area (Å²) in [5.41, 5.74) is 3.85. The molecule has 3 aromatic rings. The monoisotopic (exact) mass is 364 g/mol. The highest BCUT2D eigenvalue weighted by atomic mass is 16.6. The van der Waals surface area contributed by atoms with Gasteiger partial charge < -0.3 is 10.1 Å². The van der Waals surface area contributed by atoms with Crippen molar-refractivity contribution in [2.75, 3.05) is 5.32 Å². The molecule has 0 aliphatic heterocycles. The summed E-state index contributed by atoms with van der Waals surface area (Å²) in [6.07, 6.45) is 1.25. The fourth-order valence-corrected chi connectivity index (χ4v) is 2.73. The SMILES string of the molecule is Cc1ccc(CNc2ncnc(Oc3cc(C)cc(C)c3)c2[N+](=O)[O-])cc1.